The molecule has 1 aliphatic rings. The Balaban J connectivity index is 2.07. The summed E-state index contributed by atoms with van der Waals surface area (Å²) in [6, 6.07) is 3.40. The van der Waals surface area contributed by atoms with Gasteiger partial charge >= 0.3 is 10.2 Å². The van der Waals surface area contributed by atoms with Crippen molar-refractivity contribution >= 4 is 16.0 Å². The van der Waals surface area contributed by atoms with Gasteiger partial charge in [0, 0.05) is 25.8 Å². The van der Waals surface area contributed by atoms with E-state index in [4.69, 9.17) is 5.73 Å². The monoisotopic (exact) mass is 284 g/mol. The fourth-order valence-electron chi connectivity index (χ4n) is 2.17. The SMILES string of the molecule is CC1CCCN(S(=O)(=O)Nc2ccc(CN)cn2)C1. The highest BCUT2D eigenvalue weighted by Gasteiger charge is 2.27. The van der Waals surface area contributed by atoms with Gasteiger partial charge in [-0.25, -0.2) is 4.98 Å². The van der Waals surface area contributed by atoms with Crippen molar-refractivity contribution in [1.29, 1.82) is 0 Å². The van der Waals surface area contributed by atoms with Gasteiger partial charge in [0.05, 0.1) is 0 Å². The molecule has 1 aromatic rings. The Morgan fingerprint density at radius 2 is 2.32 bits per heavy atom. The summed E-state index contributed by atoms with van der Waals surface area (Å²) in [5, 5.41) is 0. The lowest BCUT2D eigenvalue weighted by Crippen LogP contribution is -2.42. The van der Waals surface area contributed by atoms with Crippen molar-refractivity contribution < 1.29 is 8.42 Å². The third-order valence-corrected chi connectivity index (χ3v) is 4.73. The van der Waals surface area contributed by atoms with Crippen molar-refractivity contribution in [2.24, 2.45) is 11.7 Å². The molecular formula is C12H20N4O2S. The Morgan fingerprint density at radius 1 is 1.53 bits per heavy atom. The van der Waals surface area contributed by atoms with Crippen molar-refractivity contribution in [3.63, 3.8) is 0 Å². The number of nitrogens with zero attached hydrogens (tertiary/aromatic N) is 2. The Morgan fingerprint density at radius 3 is 2.89 bits per heavy atom. The zero-order valence-electron chi connectivity index (χ0n) is 11.0. The van der Waals surface area contributed by atoms with Crippen LogP contribution in [0.15, 0.2) is 18.3 Å². The number of pyridine rings is 1. The van der Waals surface area contributed by atoms with Crippen LogP contribution >= 0.6 is 0 Å². The van der Waals surface area contributed by atoms with Gasteiger partial charge in [0.1, 0.15) is 5.82 Å². The second-order valence-electron chi connectivity index (χ2n) is 4.97. The molecule has 0 aliphatic carbocycles. The van der Waals surface area contributed by atoms with Crippen LogP contribution in [-0.4, -0.2) is 30.8 Å². The lowest BCUT2D eigenvalue weighted by Gasteiger charge is -2.29. The molecule has 106 valence electrons. The van der Waals surface area contributed by atoms with E-state index in [9.17, 15) is 8.42 Å². The van der Waals surface area contributed by atoms with Crippen LogP contribution in [0.3, 0.4) is 0 Å². The zero-order chi connectivity index (χ0) is 13.9. The number of piperidine rings is 1. The number of anilines is 1. The summed E-state index contributed by atoms with van der Waals surface area (Å²) in [7, 11) is -3.50. The van der Waals surface area contributed by atoms with Crippen LogP contribution in [0.1, 0.15) is 25.3 Å². The first-order valence-electron chi connectivity index (χ1n) is 6.44. The first-order valence-corrected chi connectivity index (χ1v) is 7.88. The molecule has 1 unspecified atom stereocenters. The van der Waals surface area contributed by atoms with E-state index >= 15 is 0 Å². The van der Waals surface area contributed by atoms with E-state index in [2.05, 4.69) is 16.6 Å². The molecule has 0 aromatic carbocycles. The van der Waals surface area contributed by atoms with Crippen LogP contribution in [-0.2, 0) is 16.8 Å². The molecule has 1 aromatic heterocycles. The van der Waals surface area contributed by atoms with Crippen LogP contribution < -0.4 is 10.5 Å². The van der Waals surface area contributed by atoms with E-state index in [0.717, 1.165) is 18.4 Å². The average Bonchev–Trinajstić information content (AvgIpc) is 2.39. The van der Waals surface area contributed by atoms with E-state index in [1.54, 1.807) is 18.3 Å². The van der Waals surface area contributed by atoms with E-state index in [1.807, 2.05) is 0 Å². The van der Waals surface area contributed by atoms with Gasteiger partial charge in [-0.15, -0.1) is 0 Å². The molecule has 0 spiro atoms. The highest BCUT2D eigenvalue weighted by atomic mass is 32.2. The maximum absolute atomic E-state index is 12.2. The summed E-state index contributed by atoms with van der Waals surface area (Å²) in [6.45, 7) is 3.59. The standard InChI is InChI=1S/C12H20N4O2S/c1-10-3-2-6-16(9-10)19(17,18)15-12-5-4-11(7-13)8-14-12/h4-5,8,10H,2-3,6-7,9,13H2,1H3,(H,14,15). The number of aromatic nitrogens is 1. The van der Waals surface area contributed by atoms with Gasteiger partial charge in [0.25, 0.3) is 0 Å². The van der Waals surface area contributed by atoms with Crippen molar-refractivity contribution in [2.75, 3.05) is 17.8 Å². The minimum absolute atomic E-state index is 0.329. The smallest absolute Gasteiger partial charge is 0.302 e. The first kappa shape index (κ1) is 14.2. The molecule has 0 bridgehead atoms. The maximum atomic E-state index is 12.2. The molecule has 0 saturated carbocycles. The van der Waals surface area contributed by atoms with E-state index < -0.39 is 10.2 Å². The van der Waals surface area contributed by atoms with Crippen LogP contribution in [0.2, 0.25) is 0 Å². The largest absolute Gasteiger partial charge is 0.326 e. The van der Waals surface area contributed by atoms with Crippen LogP contribution in [0, 0.1) is 5.92 Å². The summed E-state index contributed by atoms with van der Waals surface area (Å²) in [4.78, 5) is 4.05. The molecule has 1 aliphatic heterocycles. The molecule has 1 saturated heterocycles. The molecule has 2 rings (SSSR count). The zero-order valence-corrected chi connectivity index (χ0v) is 11.9. The second kappa shape index (κ2) is 5.85. The van der Waals surface area contributed by atoms with Gasteiger partial charge in [-0.1, -0.05) is 13.0 Å². The van der Waals surface area contributed by atoms with Crippen molar-refractivity contribution in [2.45, 2.75) is 26.3 Å². The minimum atomic E-state index is -3.50. The van der Waals surface area contributed by atoms with Gasteiger partial charge in [0.15, 0.2) is 0 Å². The Bertz CT molecular complexity index is 515. The molecule has 0 radical (unpaired) electrons. The summed E-state index contributed by atoms with van der Waals surface area (Å²) >= 11 is 0. The van der Waals surface area contributed by atoms with Gasteiger partial charge in [0.2, 0.25) is 0 Å². The van der Waals surface area contributed by atoms with Gasteiger partial charge in [-0.05, 0) is 30.4 Å². The van der Waals surface area contributed by atoms with E-state index in [1.165, 1.54) is 4.31 Å². The number of hydrogen-bond donors (Lipinski definition) is 2. The molecular weight excluding hydrogens is 264 g/mol. The van der Waals surface area contributed by atoms with Crippen molar-refractivity contribution in [1.82, 2.24) is 9.29 Å². The Hall–Kier alpha value is -1.18. The van der Waals surface area contributed by atoms with Crippen LogP contribution in [0.5, 0.6) is 0 Å². The van der Waals surface area contributed by atoms with E-state index in [0.29, 0.717) is 31.4 Å². The third kappa shape index (κ3) is 3.65. The van der Waals surface area contributed by atoms with Crippen LogP contribution in [0.25, 0.3) is 0 Å². The highest BCUT2D eigenvalue weighted by molar-refractivity contribution is 7.90. The van der Waals surface area contributed by atoms with E-state index in [-0.39, 0.29) is 0 Å². The molecule has 19 heavy (non-hydrogen) atoms. The fraction of sp³-hybridized carbons (Fsp3) is 0.583. The average molecular weight is 284 g/mol. The topological polar surface area (TPSA) is 88.3 Å². The molecule has 0 amide bonds. The normalized spacial score (nSPS) is 21.3. The summed E-state index contributed by atoms with van der Waals surface area (Å²) in [6.07, 6.45) is 3.56. The lowest BCUT2D eigenvalue weighted by molar-refractivity contribution is 0.282. The van der Waals surface area contributed by atoms with Gasteiger partial charge in [-0.2, -0.15) is 12.7 Å². The van der Waals surface area contributed by atoms with Crippen molar-refractivity contribution in [3.05, 3.63) is 23.9 Å². The molecule has 3 N–H and O–H groups in total. The molecule has 6 nitrogen and oxygen atoms in total. The van der Waals surface area contributed by atoms with Crippen molar-refractivity contribution in [3.8, 4) is 0 Å². The third-order valence-electron chi connectivity index (χ3n) is 3.25. The number of rotatable bonds is 4. The Kier molecular flexibility index (Phi) is 4.38. The summed E-state index contributed by atoms with van der Waals surface area (Å²) in [5.74, 6) is 0.730. The molecule has 1 fully saturated rings. The maximum Gasteiger partial charge on any atom is 0.302 e. The van der Waals surface area contributed by atoms with Gasteiger partial charge in [-0.3, -0.25) is 4.72 Å². The summed E-state index contributed by atoms with van der Waals surface area (Å²) in [5.41, 5.74) is 6.34. The summed E-state index contributed by atoms with van der Waals surface area (Å²) < 4.78 is 28.4. The molecule has 1 atom stereocenters. The second-order valence-corrected chi connectivity index (χ2v) is 6.64. The predicted octanol–water partition coefficient (Wildman–Crippen LogP) is 0.929. The Labute approximate surface area is 114 Å². The number of hydrogen-bond acceptors (Lipinski definition) is 4. The van der Waals surface area contributed by atoms with Gasteiger partial charge < -0.3 is 5.73 Å². The molecule has 2 heterocycles. The lowest BCUT2D eigenvalue weighted by atomic mass is 10.0. The molecule has 7 heteroatoms. The fourth-order valence-corrected chi connectivity index (χ4v) is 3.50. The number of nitrogens with one attached hydrogen (secondary N) is 1. The highest BCUT2D eigenvalue weighted by Crippen LogP contribution is 2.19. The predicted molar refractivity (Wildman–Crippen MR) is 74.6 cm³/mol. The quantitative estimate of drug-likeness (QED) is 0.861. The number of nitrogens with two attached hydrogens (primary N) is 1. The minimum Gasteiger partial charge on any atom is -0.326 e. The van der Waals surface area contributed by atoms with Crippen LogP contribution in [0.4, 0.5) is 5.82 Å². The first-order chi connectivity index (χ1) is 9.01.